The minimum Gasteiger partial charge on any atom is -0.357 e. The molecule has 12 heavy (non-hydrogen) atoms. The molecule has 0 aliphatic heterocycles. The Morgan fingerprint density at radius 2 is 2.50 bits per heavy atom. The molecule has 0 amide bonds. The fraction of sp³-hybridized carbons (Fsp3) is 0.333. The molecule has 1 N–H and O–H groups in total. The lowest BCUT2D eigenvalue weighted by molar-refractivity contribution is 0.752. The summed E-state index contributed by atoms with van der Waals surface area (Å²) >= 11 is 5.59. The number of aryl methyl sites for hydroxylation is 1. The number of halogens is 1. The fourth-order valence-corrected chi connectivity index (χ4v) is 1.10. The second-order valence-corrected chi connectivity index (χ2v) is 3.34. The van der Waals surface area contributed by atoms with Crippen molar-refractivity contribution in [2.45, 2.75) is 6.54 Å². The molecule has 0 aliphatic rings. The van der Waals surface area contributed by atoms with E-state index in [4.69, 9.17) is 11.6 Å². The van der Waals surface area contributed by atoms with Crippen molar-refractivity contribution in [2.75, 3.05) is 6.54 Å². The Kier molecular flexibility index (Phi) is 3.38. The maximum Gasteiger partial charge on any atom is 0.0310 e. The summed E-state index contributed by atoms with van der Waals surface area (Å²) in [6, 6.07) is 2.07. The van der Waals surface area contributed by atoms with Crippen LogP contribution in [0, 0.1) is 0 Å². The van der Waals surface area contributed by atoms with E-state index in [2.05, 4.69) is 24.2 Å². The average molecular weight is 185 g/mol. The molecule has 0 bridgehead atoms. The van der Waals surface area contributed by atoms with Gasteiger partial charge in [0.1, 0.15) is 0 Å². The lowest BCUT2D eigenvalue weighted by atomic mass is 10.3. The van der Waals surface area contributed by atoms with Gasteiger partial charge in [-0.15, -0.1) is 0 Å². The molecule has 0 radical (unpaired) electrons. The second kappa shape index (κ2) is 4.33. The van der Waals surface area contributed by atoms with Crippen LogP contribution in [0.25, 0.3) is 0 Å². The molecule has 0 aromatic carbocycles. The molecule has 0 fully saturated rings. The molecular formula is C9H13ClN2. The van der Waals surface area contributed by atoms with Crippen LogP contribution >= 0.6 is 11.6 Å². The summed E-state index contributed by atoms with van der Waals surface area (Å²) in [6.45, 7) is 5.09. The number of nitrogens with zero attached hydrogens (tertiary/aromatic N) is 1. The molecule has 0 spiro atoms. The molecule has 1 aromatic rings. The van der Waals surface area contributed by atoms with E-state index in [1.165, 1.54) is 5.56 Å². The molecule has 66 valence electrons. The highest BCUT2D eigenvalue weighted by Gasteiger charge is 1.93. The number of nitrogens with one attached hydrogen (secondary N) is 1. The second-order valence-electron chi connectivity index (χ2n) is 2.81. The minimum atomic E-state index is 0.644. The van der Waals surface area contributed by atoms with Crippen molar-refractivity contribution >= 4 is 11.6 Å². The maximum absolute atomic E-state index is 5.59. The van der Waals surface area contributed by atoms with E-state index in [0.29, 0.717) is 11.6 Å². The molecule has 1 rings (SSSR count). The first kappa shape index (κ1) is 9.36. The van der Waals surface area contributed by atoms with Crippen molar-refractivity contribution < 1.29 is 0 Å². The predicted molar refractivity (Wildman–Crippen MR) is 52.1 cm³/mol. The van der Waals surface area contributed by atoms with E-state index < -0.39 is 0 Å². The minimum absolute atomic E-state index is 0.644. The summed E-state index contributed by atoms with van der Waals surface area (Å²) in [5, 5.41) is 3.81. The van der Waals surface area contributed by atoms with Crippen LogP contribution in [-0.4, -0.2) is 11.1 Å². The SMILES string of the molecule is C=C(Cl)CNCc1ccn(C)c1. The first-order valence-electron chi connectivity index (χ1n) is 3.83. The maximum atomic E-state index is 5.59. The van der Waals surface area contributed by atoms with Crippen LogP contribution in [0.1, 0.15) is 5.56 Å². The van der Waals surface area contributed by atoms with Gasteiger partial charge in [0.25, 0.3) is 0 Å². The highest BCUT2D eigenvalue weighted by molar-refractivity contribution is 6.29. The number of rotatable bonds is 4. The molecule has 0 atom stereocenters. The molecule has 1 heterocycles. The third-order valence-corrected chi connectivity index (χ3v) is 1.67. The topological polar surface area (TPSA) is 17.0 Å². The third kappa shape index (κ3) is 3.11. The Morgan fingerprint density at radius 1 is 1.75 bits per heavy atom. The standard InChI is InChI=1S/C9H13ClN2/c1-8(10)5-11-6-9-3-4-12(2)7-9/h3-4,7,11H,1,5-6H2,2H3. The van der Waals surface area contributed by atoms with Gasteiger partial charge in [-0.05, 0) is 11.6 Å². The van der Waals surface area contributed by atoms with Gasteiger partial charge >= 0.3 is 0 Å². The van der Waals surface area contributed by atoms with Gasteiger partial charge in [0.2, 0.25) is 0 Å². The van der Waals surface area contributed by atoms with Gasteiger partial charge in [0.05, 0.1) is 0 Å². The summed E-state index contributed by atoms with van der Waals surface area (Å²) in [6.07, 6.45) is 4.09. The van der Waals surface area contributed by atoms with Crippen LogP contribution < -0.4 is 5.32 Å². The summed E-state index contributed by atoms with van der Waals surface area (Å²) in [4.78, 5) is 0. The van der Waals surface area contributed by atoms with Crippen molar-refractivity contribution in [3.8, 4) is 0 Å². The van der Waals surface area contributed by atoms with Crippen molar-refractivity contribution in [3.63, 3.8) is 0 Å². The zero-order valence-electron chi connectivity index (χ0n) is 7.18. The van der Waals surface area contributed by atoms with Gasteiger partial charge in [-0.25, -0.2) is 0 Å². The Balaban J connectivity index is 2.29. The molecule has 2 nitrogen and oxygen atoms in total. The monoisotopic (exact) mass is 184 g/mol. The number of hydrogen-bond acceptors (Lipinski definition) is 1. The van der Waals surface area contributed by atoms with E-state index >= 15 is 0 Å². The summed E-state index contributed by atoms with van der Waals surface area (Å²) in [7, 11) is 2.00. The summed E-state index contributed by atoms with van der Waals surface area (Å²) < 4.78 is 2.02. The highest BCUT2D eigenvalue weighted by atomic mass is 35.5. The quantitative estimate of drug-likeness (QED) is 0.756. The van der Waals surface area contributed by atoms with Gasteiger partial charge in [-0.3, -0.25) is 0 Å². The summed E-state index contributed by atoms with van der Waals surface area (Å²) in [5.74, 6) is 0. The van der Waals surface area contributed by atoms with E-state index in [-0.39, 0.29) is 0 Å². The highest BCUT2D eigenvalue weighted by Crippen LogP contribution is 1.99. The van der Waals surface area contributed by atoms with E-state index in [0.717, 1.165) is 6.54 Å². The molecule has 1 aromatic heterocycles. The van der Waals surface area contributed by atoms with Crippen molar-refractivity contribution in [1.29, 1.82) is 0 Å². The lowest BCUT2D eigenvalue weighted by Crippen LogP contribution is -2.13. The van der Waals surface area contributed by atoms with Gasteiger partial charge in [0.15, 0.2) is 0 Å². The van der Waals surface area contributed by atoms with Gasteiger partial charge in [-0.1, -0.05) is 18.2 Å². The van der Waals surface area contributed by atoms with Gasteiger partial charge in [0, 0.05) is 37.6 Å². The summed E-state index contributed by atoms with van der Waals surface area (Å²) in [5.41, 5.74) is 1.26. The van der Waals surface area contributed by atoms with Crippen LogP contribution in [0.3, 0.4) is 0 Å². The van der Waals surface area contributed by atoms with Gasteiger partial charge < -0.3 is 9.88 Å². The molecule has 0 saturated carbocycles. The number of hydrogen-bond donors (Lipinski definition) is 1. The first-order valence-corrected chi connectivity index (χ1v) is 4.21. The van der Waals surface area contributed by atoms with Crippen molar-refractivity contribution in [3.05, 3.63) is 35.6 Å². The largest absolute Gasteiger partial charge is 0.357 e. The molecule has 3 heteroatoms. The van der Waals surface area contributed by atoms with Crippen LogP contribution in [0.15, 0.2) is 30.1 Å². The first-order chi connectivity index (χ1) is 5.68. The Hall–Kier alpha value is -0.730. The van der Waals surface area contributed by atoms with E-state index in [1.54, 1.807) is 0 Å². The van der Waals surface area contributed by atoms with Crippen LogP contribution in [0.5, 0.6) is 0 Å². The van der Waals surface area contributed by atoms with Crippen molar-refractivity contribution in [2.24, 2.45) is 7.05 Å². The molecule has 0 saturated heterocycles. The Bertz CT molecular complexity index is 265. The van der Waals surface area contributed by atoms with Gasteiger partial charge in [-0.2, -0.15) is 0 Å². The van der Waals surface area contributed by atoms with E-state index in [1.807, 2.05) is 17.8 Å². The zero-order valence-corrected chi connectivity index (χ0v) is 7.93. The van der Waals surface area contributed by atoms with E-state index in [9.17, 15) is 0 Å². The van der Waals surface area contributed by atoms with Crippen LogP contribution in [0.4, 0.5) is 0 Å². The smallest absolute Gasteiger partial charge is 0.0310 e. The van der Waals surface area contributed by atoms with Crippen LogP contribution in [-0.2, 0) is 13.6 Å². The van der Waals surface area contributed by atoms with Crippen molar-refractivity contribution in [1.82, 2.24) is 9.88 Å². The molecule has 0 aliphatic carbocycles. The Labute approximate surface area is 77.8 Å². The zero-order chi connectivity index (χ0) is 8.97. The molecular weight excluding hydrogens is 172 g/mol. The third-order valence-electron chi connectivity index (χ3n) is 1.54. The van der Waals surface area contributed by atoms with Crippen LogP contribution in [0.2, 0.25) is 0 Å². The fourth-order valence-electron chi connectivity index (χ4n) is 1.01. The lowest BCUT2D eigenvalue weighted by Gasteiger charge is -1.99. The predicted octanol–water partition coefficient (Wildman–Crippen LogP) is 1.87. The number of aromatic nitrogens is 1. The normalized spacial score (nSPS) is 10.2. The molecule has 0 unspecified atom stereocenters. The Morgan fingerprint density at radius 3 is 3.00 bits per heavy atom. The average Bonchev–Trinajstić information content (AvgIpc) is 2.35.